The molecule has 0 heterocycles. The third kappa shape index (κ3) is 3.90. The molecule has 0 saturated heterocycles. The molecule has 0 aliphatic rings. The highest BCUT2D eigenvalue weighted by Gasteiger charge is 2.33. The van der Waals surface area contributed by atoms with Crippen LogP contribution in [0.25, 0.3) is 0 Å². The van der Waals surface area contributed by atoms with Gasteiger partial charge in [0.25, 0.3) is 0 Å². The molecule has 1 atom stereocenters. The van der Waals surface area contributed by atoms with Crippen molar-refractivity contribution in [1.29, 1.82) is 0 Å². The Labute approximate surface area is 99.8 Å². The Morgan fingerprint density at radius 1 is 1.06 bits per heavy atom. The van der Waals surface area contributed by atoms with Gasteiger partial charge in [-0.2, -0.15) is 13.2 Å². The van der Waals surface area contributed by atoms with Crippen LogP contribution in [0.15, 0.2) is 12.1 Å². The SMILES string of the molecule is CCNC(CC(F)(F)F)c1cc(F)c(F)cc1F. The summed E-state index contributed by atoms with van der Waals surface area (Å²) in [6.07, 6.45) is -5.90. The van der Waals surface area contributed by atoms with Crippen LogP contribution in [0.3, 0.4) is 0 Å². The van der Waals surface area contributed by atoms with Crippen molar-refractivity contribution in [1.82, 2.24) is 5.32 Å². The predicted octanol–water partition coefficient (Wildman–Crippen LogP) is 3.71. The van der Waals surface area contributed by atoms with Gasteiger partial charge in [-0.3, -0.25) is 0 Å². The number of hydrogen-bond acceptors (Lipinski definition) is 1. The summed E-state index contributed by atoms with van der Waals surface area (Å²) in [6, 6.07) is -0.750. The highest BCUT2D eigenvalue weighted by Crippen LogP contribution is 2.31. The van der Waals surface area contributed by atoms with Gasteiger partial charge in [0, 0.05) is 17.7 Å². The second-order valence-electron chi connectivity index (χ2n) is 3.72. The van der Waals surface area contributed by atoms with E-state index in [1.54, 1.807) is 0 Å². The summed E-state index contributed by atoms with van der Waals surface area (Å²) in [5.74, 6) is -4.01. The third-order valence-electron chi connectivity index (χ3n) is 2.30. The predicted molar refractivity (Wildman–Crippen MR) is 53.4 cm³/mol. The lowest BCUT2D eigenvalue weighted by molar-refractivity contribution is -0.140. The quantitative estimate of drug-likeness (QED) is 0.650. The fraction of sp³-hybridized carbons (Fsp3) is 0.455. The minimum Gasteiger partial charge on any atom is -0.310 e. The summed E-state index contributed by atoms with van der Waals surface area (Å²) in [5.41, 5.74) is -0.534. The molecule has 1 nitrogen and oxygen atoms in total. The number of hydrogen-bond donors (Lipinski definition) is 1. The standard InChI is InChI=1S/C11H11F6N/c1-2-18-10(5-11(15,16)17)6-3-8(13)9(14)4-7(6)12/h3-4,10,18H,2,5H2,1H3. The van der Waals surface area contributed by atoms with Gasteiger partial charge >= 0.3 is 6.18 Å². The van der Waals surface area contributed by atoms with Gasteiger partial charge in [0.05, 0.1) is 6.42 Å². The molecule has 18 heavy (non-hydrogen) atoms. The summed E-state index contributed by atoms with van der Waals surface area (Å²) in [4.78, 5) is 0. The minimum absolute atomic E-state index is 0.138. The fourth-order valence-electron chi connectivity index (χ4n) is 1.57. The Morgan fingerprint density at radius 3 is 2.11 bits per heavy atom. The van der Waals surface area contributed by atoms with E-state index in [2.05, 4.69) is 5.32 Å². The minimum atomic E-state index is -4.54. The lowest BCUT2D eigenvalue weighted by Crippen LogP contribution is -2.27. The summed E-state index contributed by atoms with van der Waals surface area (Å²) in [5, 5.41) is 2.39. The Morgan fingerprint density at radius 2 is 1.61 bits per heavy atom. The molecule has 0 aliphatic carbocycles. The lowest BCUT2D eigenvalue weighted by atomic mass is 10.0. The molecule has 1 aromatic carbocycles. The van der Waals surface area contributed by atoms with E-state index in [-0.39, 0.29) is 12.6 Å². The first-order valence-electron chi connectivity index (χ1n) is 5.19. The summed E-state index contributed by atoms with van der Waals surface area (Å²) < 4.78 is 75.9. The van der Waals surface area contributed by atoms with Gasteiger partial charge in [0.15, 0.2) is 11.6 Å². The van der Waals surface area contributed by atoms with E-state index in [4.69, 9.17) is 0 Å². The summed E-state index contributed by atoms with van der Waals surface area (Å²) in [7, 11) is 0. The highest BCUT2D eigenvalue weighted by atomic mass is 19.4. The maximum Gasteiger partial charge on any atom is 0.390 e. The number of benzene rings is 1. The first kappa shape index (κ1) is 14.8. The van der Waals surface area contributed by atoms with E-state index >= 15 is 0 Å². The number of rotatable bonds is 4. The van der Waals surface area contributed by atoms with Gasteiger partial charge in [-0.1, -0.05) is 6.92 Å². The van der Waals surface area contributed by atoms with Crippen molar-refractivity contribution in [3.63, 3.8) is 0 Å². The second-order valence-corrected chi connectivity index (χ2v) is 3.72. The maximum atomic E-state index is 13.4. The van der Waals surface area contributed by atoms with Gasteiger partial charge in [-0.05, 0) is 12.6 Å². The Bertz CT molecular complexity index is 415. The normalized spacial score (nSPS) is 13.7. The van der Waals surface area contributed by atoms with Crippen LogP contribution in [0.1, 0.15) is 24.9 Å². The highest BCUT2D eigenvalue weighted by molar-refractivity contribution is 5.23. The zero-order chi connectivity index (χ0) is 13.9. The Balaban J connectivity index is 3.09. The molecule has 0 bridgehead atoms. The molecule has 0 radical (unpaired) electrons. The van der Waals surface area contributed by atoms with Crippen molar-refractivity contribution in [2.75, 3.05) is 6.54 Å². The van der Waals surface area contributed by atoms with E-state index in [0.29, 0.717) is 6.07 Å². The molecule has 7 heteroatoms. The van der Waals surface area contributed by atoms with Crippen LogP contribution in [0, 0.1) is 17.5 Å². The van der Waals surface area contributed by atoms with Gasteiger partial charge in [0.1, 0.15) is 5.82 Å². The zero-order valence-corrected chi connectivity index (χ0v) is 9.41. The summed E-state index contributed by atoms with van der Waals surface area (Å²) >= 11 is 0. The topological polar surface area (TPSA) is 12.0 Å². The first-order chi connectivity index (χ1) is 8.24. The molecule has 1 aromatic rings. The average molecular weight is 271 g/mol. The molecule has 1 unspecified atom stereocenters. The van der Waals surface area contributed by atoms with E-state index in [1.807, 2.05) is 0 Å². The molecule has 0 aromatic heterocycles. The Kier molecular flexibility index (Phi) is 4.61. The van der Waals surface area contributed by atoms with Gasteiger partial charge < -0.3 is 5.32 Å². The number of alkyl halides is 3. The van der Waals surface area contributed by atoms with Crippen LogP contribution in [-0.2, 0) is 0 Å². The van der Waals surface area contributed by atoms with Gasteiger partial charge in [-0.25, -0.2) is 13.2 Å². The van der Waals surface area contributed by atoms with E-state index in [9.17, 15) is 26.3 Å². The third-order valence-corrected chi connectivity index (χ3v) is 2.30. The first-order valence-corrected chi connectivity index (χ1v) is 5.19. The summed E-state index contributed by atoms with van der Waals surface area (Å²) in [6.45, 7) is 1.67. The lowest BCUT2D eigenvalue weighted by Gasteiger charge is -2.20. The molecule has 0 amide bonds. The number of nitrogens with one attached hydrogen (secondary N) is 1. The van der Waals surface area contributed by atoms with E-state index < -0.39 is 41.7 Å². The molecular weight excluding hydrogens is 260 g/mol. The van der Waals surface area contributed by atoms with Gasteiger partial charge in [-0.15, -0.1) is 0 Å². The van der Waals surface area contributed by atoms with Crippen molar-refractivity contribution in [2.45, 2.75) is 25.6 Å². The largest absolute Gasteiger partial charge is 0.390 e. The van der Waals surface area contributed by atoms with Crippen LogP contribution >= 0.6 is 0 Å². The average Bonchev–Trinajstić information content (AvgIpc) is 2.21. The second kappa shape index (κ2) is 5.60. The van der Waals surface area contributed by atoms with E-state index in [0.717, 1.165) is 0 Å². The molecular formula is C11H11F6N. The van der Waals surface area contributed by atoms with Crippen LogP contribution in [0.5, 0.6) is 0 Å². The molecule has 102 valence electrons. The Hall–Kier alpha value is -1.24. The van der Waals surface area contributed by atoms with Crippen LogP contribution in [-0.4, -0.2) is 12.7 Å². The van der Waals surface area contributed by atoms with Crippen LogP contribution in [0.4, 0.5) is 26.3 Å². The van der Waals surface area contributed by atoms with Crippen molar-refractivity contribution < 1.29 is 26.3 Å². The van der Waals surface area contributed by atoms with Gasteiger partial charge in [0.2, 0.25) is 0 Å². The monoisotopic (exact) mass is 271 g/mol. The van der Waals surface area contributed by atoms with Crippen molar-refractivity contribution in [3.8, 4) is 0 Å². The zero-order valence-electron chi connectivity index (χ0n) is 9.41. The van der Waals surface area contributed by atoms with E-state index in [1.165, 1.54) is 6.92 Å². The molecule has 0 saturated carbocycles. The molecule has 0 spiro atoms. The van der Waals surface area contributed by atoms with Crippen molar-refractivity contribution >= 4 is 0 Å². The van der Waals surface area contributed by atoms with Crippen molar-refractivity contribution in [3.05, 3.63) is 35.1 Å². The molecule has 0 aliphatic heterocycles. The van der Waals surface area contributed by atoms with Crippen molar-refractivity contribution in [2.24, 2.45) is 0 Å². The smallest absolute Gasteiger partial charge is 0.310 e. The molecule has 0 fully saturated rings. The number of halogens is 6. The maximum absolute atomic E-state index is 13.4. The molecule has 1 rings (SSSR count). The fourth-order valence-corrected chi connectivity index (χ4v) is 1.57. The van der Waals surface area contributed by atoms with Crippen LogP contribution in [0.2, 0.25) is 0 Å². The van der Waals surface area contributed by atoms with Crippen LogP contribution < -0.4 is 5.32 Å². The molecule has 1 N–H and O–H groups in total.